The van der Waals surface area contributed by atoms with Gasteiger partial charge in [-0.05, 0) is 66.9 Å². The van der Waals surface area contributed by atoms with Crippen LogP contribution in [0.2, 0.25) is 0 Å². The minimum Gasteiger partial charge on any atom is -0.497 e. The first-order valence-electron chi connectivity index (χ1n) is 10.2. The molecule has 0 spiro atoms. The Morgan fingerprint density at radius 2 is 1.73 bits per heavy atom. The zero-order valence-corrected chi connectivity index (χ0v) is 17.4. The van der Waals surface area contributed by atoms with Gasteiger partial charge in [0.1, 0.15) is 17.3 Å². The predicted octanol–water partition coefficient (Wildman–Crippen LogP) is 5.99. The lowest BCUT2D eigenvalue weighted by molar-refractivity contribution is 0.302. The summed E-state index contributed by atoms with van der Waals surface area (Å²) in [6, 6.07) is 24.4. The lowest BCUT2D eigenvalue weighted by Gasteiger charge is -2.09. The Morgan fingerprint density at radius 1 is 0.900 bits per heavy atom. The molecule has 4 nitrogen and oxygen atoms in total. The molecule has 1 aromatic heterocycles. The van der Waals surface area contributed by atoms with Crippen molar-refractivity contribution in [1.29, 1.82) is 0 Å². The van der Waals surface area contributed by atoms with Gasteiger partial charge in [-0.15, -0.1) is 0 Å². The van der Waals surface area contributed by atoms with E-state index < -0.39 is 0 Å². The maximum atomic E-state index is 5.92. The molecule has 0 N–H and O–H groups in total. The molecular weight excluding hydrogens is 372 g/mol. The summed E-state index contributed by atoms with van der Waals surface area (Å²) in [6.45, 7) is 3.58. The van der Waals surface area contributed by atoms with Crippen molar-refractivity contribution in [3.8, 4) is 11.5 Å². The number of rotatable bonds is 8. The summed E-state index contributed by atoms with van der Waals surface area (Å²) < 4.78 is 13.4. The van der Waals surface area contributed by atoms with Crippen molar-refractivity contribution < 1.29 is 9.47 Å². The molecule has 4 aromatic rings. The van der Waals surface area contributed by atoms with Crippen LogP contribution in [0.15, 0.2) is 72.8 Å². The van der Waals surface area contributed by atoms with Crippen LogP contribution in [0, 0.1) is 6.92 Å². The first kappa shape index (κ1) is 19.8. The number of ether oxygens (including phenoxy) is 2. The normalized spacial score (nSPS) is 11.3. The van der Waals surface area contributed by atoms with E-state index in [1.165, 1.54) is 5.56 Å². The summed E-state index contributed by atoms with van der Waals surface area (Å²) in [4.78, 5) is 4.82. The molecule has 0 aliphatic carbocycles. The number of aromatic nitrogens is 2. The van der Waals surface area contributed by atoms with Gasteiger partial charge in [-0.3, -0.25) is 0 Å². The fourth-order valence-electron chi connectivity index (χ4n) is 3.46. The van der Waals surface area contributed by atoms with Gasteiger partial charge in [0.25, 0.3) is 0 Å². The van der Waals surface area contributed by atoms with E-state index in [4.69, 9.17) is 14.5 Å². The average Bonchev–Trinajstić information content (AvgIpc) is 3.13. The molecule has 4 rings (SSSR count). The molecule has 152 valence electrons. The van der Waals surface area contributed by atoms with Crippen LogP contribution in [0.1, 0.15) is 23.4 Å². The van der Waals surface area contributed by atoms with Gasteiger partial charge in [0.05, 0.1) is 24.8 Å². The lowest BCUT2D eigenvalue weighted by atomic mass is 10.2. The zero-order valence-electron chi connectivity index (χ0n) is 17.4. The van der Waals surface area contributed by atoms with Crippen LogP contribution in [-0.2, 0) is 6.54 Å². The zero-order chi connectivity index (χ0) is 20.8. The summed E-state index contributed by atoms with van der Waals surface area (Å²) >= 11 is 0. The van der Waals surface area contributed by atoms with E-state index in [0.29, 0.717) is 6.61 Å². The number of hydrogen-bond acceptors (Lipinski definition) is 3. The van der Waals surface area contributed by atoms with Gasteiger partial charge in [0, 0.05) is 6.54 Å². The second kappa shape index (κ2) is 9.31. The van der Waals surface area contributed by atoms with Gasteiger partial charge in [0.15, 0.2) is 0 Å². The van der Waals surface area contributed by atoms with Gasteiger partial charge < -0.3 is 14.0 Å². The number of para-hydroxylation sites is 2. The maximum Gasteiger partial charge on any atom is 0.133 e. The minimum atomic E-state index is 0.664. The molecule has 0 bridgehead atoms. The summed E-state index contributed by atoms with van der Waals surface area (Å²) in [6.07, 6.45) is 5.06. The monoisotopic (exact) mass is 398 g/mol. The van der Waals surface area contributed by atoms with E-state index in [9.17, 15) is 0 Å². The summed E-state index contributed by atoms with van der Waals surface area (Å²) in [5.41, 5.74) is 4.46. The Balaban J connectivity index is 1.49. The van der Waals surface area contributed by atoms with Crippen LogP contribution >= 0.6 is 0 Å². The Morgan fingerprint density at radius 3 is 2.53 bits per heavy atom. The molecule has 0 saturated heterocycles. The topological polar surface area (TPSA) is 36.3 Å². The van der Waals surface area contributed by atoms with E-state index in [-0.39, 0.29) is 0 Å². The molecule has 0 aliphatic rings. The molecule has 0 saturated carbocycles. The Labute approximate surface area is 177 Å². The molecular formula is C26H26N2O2. The van der Waals surface area contributed by atoms with Crippen LogP contribution < -0.4 is 9.47 Å². The Bertz CT molecular complexity index is 1140. The third-order valence-corrected chi connectivity index (χ3v) is 5.01. The van der Waals surface area contributed by atoms with E-state index >= 15 is 0 Å². The number of hydrogen-bond donors (Lipinski definition) is 0. The van der Waals surface area contributed by atoms with Crippen LogP contribution in [0.25, 0.3) is 23.2 Å². The number of nitrogens with zero attached hydrogens (tertiary/aromatic N) is 2. The molecule has 0 fully saturated rings. The van der Waals surface area contributed by atoms with Crippen LogP contribution in [0.4, 0.5) is 0 Å². The van der Waals surface area contributed by atoms with E-state index in [2.05, 4.69) is 54.0 Å². The highest BCUT2D eigenvalue weighted by atomic mass is 16.5. The van der Waals surface area contributed by atoms with Gasteiger partial charge in [0.2, 0.25) is 0 Å². The summed E-state index contributed by atoms with van der Waals surface area (Å²) in [7, 11) is 1.68. The molecule has 4 heteroatoms. The average molecular weight is 399 g/mol. The van der Waals surface area contributed by atoms with Crippen molar-refractivity contribution >= 4 is 23.2 Å². The van der Waals surface area contributed by atoms with Crippen LogP contribution in [-0.4, -0.2) is 23.3 Å². The Kier molecular flexibility index (Phi) is 6.14. The standard InChI is InChI=1S/C26H26N2O2/c1-20-7-5-8-23(19-20)30-18-6-17-28-25-10-4-3-9-24(25)27-26(28)16-13-21-11-14-22(29-2)15-12-21/h3-5,7-16,19H,6,17-18H2,1-2H3/b16-13+. The highest BCUT2D eigenvalue weighted by molar-refractivity contribution is 5.79. The molecule has 0 aliphatic heterocycles. The quantitative estimate of drug-likeness (QED) is 0.342. The van der Waals surface area contributed by atoms with Gasteiger partial charge in [-0.25, -0.2) is 4.98 Å². The summed E-state index contributed by atoms with van der Waals surface area (Å²) in [5.74, 6) is 2.72. The SMILES string of the molecule is COc1ccc(/C=C/c2nc3ccccc3n2CCCOc2cccc(C)c2)cc1. The number of methoxy groups -OCH3 is 1. The molecule has 1 heterocycles. The van der Waals surface area contributed by atoms with Gasteiger partial charge >= 0.3 is 0 Å². The van der Waals surface area contributed by atoms with Crippen LogP contribution in [0.3, 0.4) is 0 Å². The van der Waals surface area contributed by atoms with Crippen molar-refractivity contribution in [3.63, 3.8) is 0 Å². The molecule has 0 unspecified atom stereocenters. The third-order valence-electron chi connectivity index (χ3n) is 5.01. The van der Waals surface area contributed by atoms with Crippen molar-refractivity contribution in [3.05, 3.63) is 89.7 Å². The minimum absolute atomic E-state index is 0.664. The largest absolute Gasteiger partial charge is 0.497 e. The maximum absolute atomic E-state index is 5.92. The van der Waals surface area contributed by atoms with Crippen molar-refractivity contribution in [2.45, 2.75) is 19.9 Å². The highest BCUT2D eigenvalue weighted by Gasteiger charge is 2.08. The highest BCUT2D eigenvalue weighted by Crippen LogP contribution is 2.20. The molecule has 0 radical (unpaired) electrons. The van der Waals surface area contributed by atoms with Gasteiger partial charge in [-0.2, -0.15) is 0 Å². The summed E-state index contributed by atoms with van der Waals surface area (Å²) in [5, 5.41) is 0. The Hall–Kier alpha value is -3.53. The fourth-order valence-corrected chi connectivity index (χ4v) is 3.46. The second-order valence-corrected chi connectivity index (χ2v) is 7.24. The number of fused-ring (bicyclic) bond motifs is 1. The second-order valence-electron chi connectivity index (χ2n) is 7.24. The number of aryl methyl sites for hydroxylation is 2. The van der Waals surface area contributed by atoms with Gasteiger partial charge in [-0.1, -0.05) is 42.5 Å². The fraction of sp³-hybridized carbons (Fsp3) is 0.192. The smallest absolute Gasteiger partial charge is 0.133 e. The van der Waals surface area contributed by atoms with Crippen molar-refractivity contribution in [2.24, 2.45) is 0 Å². The van der Waals surface area contributed by atoms with E-state index in [1.54, 1.807) is 7.11 Å². The predicted molar refractivity (Wildman–Crippen MR) is 123 cm³/mol. The first-order valence-corrected chi connectivity index (χ1v) is 10.2. The molecule has 0 amide bonds. The molecule has 0 atom stereocenters. The van der Waals surface area contributed by atoms with Crippen LogP contribution in [0.5, 0.6) is 11.5 Å². The van der Waals surface area contributed by atoms with Crippen molar-refractivity contribution in [2.75, 3.05) is 13.7 Å². The third kappa shape index (κ3) is 4.71. The van der Waals surface area contributed by atoms with E-state index in [0.717, 1.165) is 46.9 Å². The van der Waals surface area contributed by atoms with E-state index in [1.807, 2.05) is 42.5 Å². The number of benzene rings is 3. The molecule has 3 aromatic carbocycles. The first-order chi connectivity index (χ1) is 14.7. The lowest BCUT2D eigenvalue weighted by Crippen LogP contribution is -2.06. The molecule has 30 heavy (non-hydrogen) atoms. The van der Waals surface area contributed by atoms with Crippen molar-refractivity contribution in [1.82, 2.24) is 9.55 Å². The number of imidazole rings is 1.